The number of thioether (sulfide) groups is 1. The Kier molecular flexibility index (Phi) is 5.96. The largest absolute Gasteiger partial charge is 0.368 e. The van der Waals surface area contributed by atoms with E-state index >= 15 is 0 Å². The molecule has 2 heterocycles. The molecule has 2 aliphatic rings. The standard InChI is InChI=1S/C28H22N2O2S/c1-2-30-24(19-18-23-25(29-32-28(23)31)20-12-6-3-7-13-20)33-27(22-16-10-5-11-17-22)26(30)21-14-8-4-9-15-21/h3-19H,2H2,1H3. The molecule has 0 radical (unpaired) electrons. The maximum atomic E-state index is 12.4. The highest BCUT2D eigenvalue weighted by Gasteiger charge is 2.30. The molecule has 0 aromatic heterocycles. The number of hydrogen-bond acceptors (Lipinski definition) is 5. The normalized spacial score (nSPS) is 18.3. The van der Waals surface area contributed by atoms with Crippen LogP contribution in [-0.4, -0.2) is 23.1 Å². The van der Waals surface area contributed by atoms with Gasteiger partial charge in [-0.2, -0.15) is 0 Å². The molecule has 0 atom stereocenters. The summed E-state index contributed by atoms with van der Waals surface area (Å²) in [7, 11) is 0. The van der Waals surface area contributed by atoms with Crippen LogP contribution < -0.4 is 0 Å². The molecule has 0 aliphatic carbocycles. The fraction of sp³-hybridized carbons (Fsp3) is 0.0714. The first-order valence-electron chi connectivity index (χ1n) is 10.8. The topological polar surface area (TPSA) is 41.9 Å². The van der Waals surface area contributed by atoms with Crippen LogP contribution in [0.4, 0.5) is 0 Å². The number of benzene rings is 3. The summed E-state index contributed by atoms with van der Waals surface area (Å²) in [6.07, 6.45) is 3.82. The van der Waals surface area contributed by atoms with Crippen molar-refractivity contribution < 1.29 is 9.63 Å². The summed E-state index contributed by atoms with van der Waals surface area (Å²) in [5.41, 5.74) is 5.37. The molecule has 3 aromatic rings. The molecule has 0 spiro atoms. The average molecular weight is 451 g/mol. The predicted molar refractivity (Wildman–Crippen MR) is 135 cm³/mol. The second-order valence-electron chi connectivity index (χ2n) is 7.53. The molecular formula is C28H22N2O2S. The molecular weight excluding hydrogens is 428 g/mol. The third kappa shape index (κ3) is 4.15. The average Bonchev–Trinajstić information content (AvgIpc) is 3.44. The molecule has 5 rings (SSSR count). The number of oxime groups is 1. The van der Waals surface area contributed by atoms with Crippen LogP contribution in [0.15, 0.2) is 119 Å². The molecule has 0 fully saturated rings. The molecule has 0 bridgehead atoms. The minimum Gasteiger partial charge on any atom is -0.335 e. The van der Waals surface area contributed by atoms with Gasteiger partial charge in [-0.1, -0.05) is 108 Å². The Morgan fingerprint density at radius 2 is 1.39 bits per heavy atom. The van der Waals surface area contributed by atoms with Crippen LogP contribution in [0.25, 0.3) is 10.6 Å². The van der Waals surface area contributed by atoms with Crippen molar-refractivity contribution in [2.45, 2.75) is 6.92 Å². The minimum atomic E-state index is -0.434. The van der Waals surface area contributed by atoms with Gasteiger partial charge in [-0.3, -0.25) is 0 Å². The molecule has 162 valence electrons. The first kappa shape index (κ1) is 21.0. The van der Waals surface area contributed by atoms with Crippen LogP contribution in [0.5, 0.6) is 0 Å². The van der Waals surface area contributed by atoms with Gasteiger partial charge in [0.05, 0.1) is 16.3 Å². The first-order chi connectivity index (χ1) is 16.3. The van der Waals surface area contributed by atoms with Gasteiger partial charge < -0.3 is 9.74 Å². The van der Waals surface area contributed by atoms with E-state index < -0.39 is 5.97 Å². The van der Waals surface area contributed by atoms with Crippen LogP contribution in [0.2, 0.25) is 0 Å². The van der Waals surface area contributed by atoms with Crippen LogP contribution in [0.1, 0.15) is 23.6 Å². The van der Waals surface area contributed by atoms with Gasteiger partial charge in [0.2, 0.25) is 0 Å². The second kappa shape index (κ2) is 9.35. The lowest BCUT2D eigenvalue weighted by Gasteiger charge is -2.21. The van der Waals surface area contributed by atoms with E-state index in [-0.39, 0.29) is 0 Å². The second-order valence-corrected chi connectivity index (χ2v) is 8.56. The van der Waals surface area contributed by atoms with Crippen LogP contribution in [0, 0.1) is 0 Å². The molecule has 0 unspecified atom stereocenters. The van der Waals surface area contributed by atoms with Gasteiger partial charge in [0.1, 0.15) is 5.71 Å². The number of nitrogens with zero attached hydrogens (tertiary/aromatic N) is 2. The highest BCUT2D eigenvalue weighted by molar-refractivity contribution is 8.12. The summed E-state index contributed by atoms with van der Waals surface area (Å²) in [6, 6.07) is 30.5. The minimum absolute atomic E-state index is 0.434. The van der Waals surface area contributed by atoms with Crippen LogP contribution >= 0.6 is 11.8 Å². The molecule has 5 heteroatoms. The quantitative estimate of drug-likeness (QED) is 0.337. The van der Waals surface area contributed by atoms with Crippen molar-refractivity contribution in [2.75, 3.05) is 6.54 Å². The Labute approximate surface area is 197 Å². The number of allylic oxidation sites excluding steroid dienone is 2. The lowest BCUT2D eigenvalue weighted by Crippen LogP contribution is -2.16. The number of rotatable bonds is 5. The zero-order valence-electron chi connectivity index (χ0n) is 18.1. The molecule has 0 saturated heterocycles. The molecule has 2 aliphatic heterocycles. The molecule has 0 amide bonds. The van der Waals surface area contributed by atoms with E-state index in [0.29, 0.717) is 11.3 Å². The highest BCUT2D eigenvalue weighted by Crippen LogP contribution is 2.50. The number of hydrogen-bond donors (Lipinski definition) is 0. The van der Waals surface area contributed by atoms with E-state index in [9.17, 15) is 4.79 Å². The van der Waals surface area contributed by atoms with Gasteiger partial charge in [-0.05, 0) is 30.2 Å². The monoisotopic (exact) mass is 450 g/mol. The summed E-state index contributed by atoms with van der Waals surface area (Å²) in [4.78, 5) is 20.9. The third-order valence-corrected chi connectivity index (χ3v) is 6.69. The fourth-order valence-corrected chi connectivity index (χ4v) is 5.19. The van der Waals surface area contributed by atoms with Gasteiger partial charge in [-0.15, -0.1) is 0 Å². The van der Waals surface area contributed by atoms with Crippen molar-refractivity contribution in [1.82, 2.24) is 4.90 Å². The maximum Gasteiger partial charge on any atom is 0.368 e. The van der Waals surface area contributed by atoms with Crippen molar-refractivity contribution in [1.29, 1.82) is 0 Å². The van der Waals surface area contributed by atoms with E-state index in [0.717, 1.165) is 22.7 Å². The van der Waals surface area contributed by atoms with Crippen molar-refractivity contribution >= 4 is 34.0 Å². The summed E-state index contributed by atoms with van der Waals surface area (Å²) in [5.74, 6) is -0.434. The number of carbonyl (C=O) groups excluding carboxylic acids is 1. The van der Waals surface area contributed by atoms with Crippen LogP contribution in [0.3, 0.4) is 0 Å². The fourth-order valence-electron chi connectivity index (χ4n) is 3.93. The van der Waals surface area contributed by atoms with E-state index in [1.54, 1.807) is 11.8 Å². The zero-order valence-corrected chi connectivity index (χ0v) is 19.0. The number of carbonyl (C=O) groups is 1. The van der Waals surface area contributed by atoms with E-state index in [2.05, 4.69) is 65.5 Å². The van der Waals surface area contributed by atoms with Crippen molar-refractivity contribution in [2.24, 2.45) is 5.16 Å². The molecule has 0 N–H and O–H groups in total. The third-order valence-electron chi connectivity index (χ3n) is 5.49. The summed E-state index contributed by atoms with van der Waals surface area (Å²) < 4.78 is 0. The summed E-state index contributed by atoms with van der Waals surface area (Å²) in [6.45, 7) is 2.94. The van der Waals surface area contributed by atoms with Gasteiger partial charge >= 0.3 is 5.97 Å². The Hall–Kier alpha value is -3.83. The lowest BCUT2D eigenvalue weighted by atomic mass is 10.0. The molecule has 3 aromatic carbocycles. The maximum absolute atomic E-state index is 12.4. The van der Waals surface area contributed by atoms with Crippen molar-refractivity contribution in [3.05, 3.63) is 130 Å². The predicted octanol–water partition coefficient (Wildman–Crippen LogP) is 6.31. The van der Waals surface area contributed by atoms with E-state index in [1.807, 2.05) is 54.6 Å². The highest BCUT2D eigenvalue weighted by atomic mass is 32.2. The zero-order chi connectivity index (χ0) is 22.6. The summed E-state index contributed by atoms with van der Waals surface area (Å²) in [5, 5.41) is 5.07. The SMILES string of the molecule is CCN1C(=CC=C2C(=O)ON=C2c2ccccc2)SC(c2ccccc2)=C1c1ccccc1. The Morgan fingerprint density at radius 1 is 0.818 bits per heavy atom. The van der Waals surface area contributed by atoms with Crippen molar-refractivity contribution in [3.63, 3.8) is 0 Å². The molecule has 0 saturated carbocycles. The van der Waals surface area contributed by atoms with E-state index in [1.165, 1.54) is 16.2 Å². The Bertz CT molecular complexity index is 1290. The van der Waals surface area contributed by atoms with Gasteiger partial charge in [0.25, 0.3) is 0 Å². The van der Waals surface area contributed by atoms with Crippen LogP contribution in [-0.2, 0) is 9.63 Å². The first-order valence-corrected chi connectivity index (χ1v) is 11.7. The summed E-state index contributed by atoms with van der Waals surface area (Å²) >= 11 is 1.71. The van der Waals surface area contributed by atoms with Crippen molar-refractivity contribution in [3.8, 4) is 0 Å². The smallest absolute Gasteiger partial charge is 0.335 e. The Balaban J connectivity index is 1.56. The molecule has 33 heavy (non-hydrogen) atoms. The van der Waals surface area contributed by atoms with Gasteiger partial charge in [0, 0.05) is 17.0 Å². The molecule has 4 nitrogen and oxygen atoms in total. The Morgan fingerprint density at radius 3 is 2.00 bits per heavy atom. The van der Waals surface area contributed by atoms with E-state index in [4.69, 9.17) is 4.84 Å². The van der Waals surface area contributed by atoms with Gasteiger partial charge in [-0.25, -0.2) is 4.79 Å². The van der Waals surface area contributed by atoms with Gasteiger partial charge in [0.15, 0.2) is 0 Å². The lowest BCUT2D eigenvalue weighted by molar-refractivity contribution is -0.136.